The molecule has 1 unspecified atom stereocenters. The molecule has 152 valence electrons. The molecule has 6 rings (SSSR count). The van der Waals surface area contributed by atoms with Crippen molar-refractivity contribution in [2.75, 3.05) is 13.1 Å². The van der Waals surface area contributed by atoms with Crippen molar-refractivity contribution in [2.24, 2.45) is 5.92 Å². The Morgan fingerprint density at radius 3 is 2.20 bits per heavy atom. The number of carbonyl (C=O) groups is 2. The molecule has 0 spiro atoms. The van der Waals surface area contributed by atoms with E-state index in [1.165, 1.54) is 33.6 Å². The quantitative estimate of drug-likeness (QED) is 0.630. The summed E-state index contributed by atoms with van der Waals surface area (Å²) < 4.78 is 0. The van der Waals surface area contributed by atoms with Crippen LogP contribution in [0.1, 0.15) is 57.3 Å². The van der Waals surface area contributed by atoms with Gasteiger partial charge in [-0.25, -0.2) is 0 Å². The summed E-state index contributed by atoms with van der Waals surface area (Å²) >= 11 is 1.49. The van der Waals surface area contributed by atoms with E-state index in [2.05, 4.69) is 59.2 Å². The number of fused-ring (bicyclic) bond motifs is 1. The maximum Gasteiger partial charge on any atom is 0.252 e. The molecule has 2 bridgehead atoms. The summed E-state index contributed by atoms with van der Waals surface area (Å²) in [4.78, 5) is 24.4. The first-order chi connectivity index (χ1) is 14.7. The highest BCUT2D eigenvalue weighted by molar-refractivity contribution is 7.08. The number of hydrogen-bond acceptors (Lipinski definition) is 3. The average molecular weight is 417 g/mol. The highest BCUT2D eigenvalue weighted by Crippen LogP contribution is 2.55. The highest BCUT2D eigenvalue weighted by Gasteiger charge is 2.42. The highest BCUT2D eigenvalue weighted by atomic mass is 32.1. The third-order valence-electron chi connectivity index (χ3n) is 6.41. The predicted octanol–water partition coefficient (Wildman–Crippen LogP) is 4.28. The maximum atomic E-state index is 12.4. The van der Waals surface area contributed by atoms with Crippen LogP contribution in [0.5, 0.6) is 0 Å². The molecule has 3 aliphatic carbocycles. The molecule has 1 heterocycles. The number of carbonyl (C=O) groups excluding carboxylic acids is 2. The molecular weight excluding hydrogens is 392 g/mol. The lowest BCUT2D eigenvalue weighted by atomic mass is 9.59. The molecule has 3 aliphatic rings. The van der Waals surface area contributed by atoms with Crippen LogP contribution in [-0.4, -0.2) is 24.9 Å². The Bertz CT molecular complexity index is 1030. The van der Waals surface area contributed by atoms with Crippen molar-refractivity contribution in [3.05, 3.63) is 93.2 Å². The van der Waals surface area contributed by atoms with Crippen LogP contribution in [0.4, 0.5) is 0 Å². The molecule has 1 aromatic heterocycles. The van der Waals surface area contributed by atoms with Crippen LogP contribution in [0, 0.1) is 5.92 Å². The molecule has 3 aromatic rings. The molecule has 4 nitrogen and oxygen atoms in total. The van der Waals surface area contributed by atoms with Gasteiger partial charge in [0.25, 0.3) is 5.91 Å². The first-order valence-corrected chi connectivity index (χ1v) is 11.4. The second-order valence-electron chi connectivity index (χ2n) is 8.11. The molecule has 1 atom stereocenters. The van der Waals surface area contributed by atoms with Gasteiger partial charge in [0.2, 0.25) is 5.91 Å². The van der Waals surface area contributed by atoms with Gasteiger partial charge in [0, 0.05) is 42.3 Å². The molecule has 0 fully saturated rings. The number of thiophene rings is 1. The summed E-state index contributed by atoms with van der Waals surface area (Å²) in [5.74, 6) is 1.00. The van der Waals surface area contributed by atoms with Gasteiger partial charge < -0.3 is 10.6 Å². The largest absolute Gasteiger partial charge is 0.356 e. The van der Waals surface area contributed by atoms with Crippen LogP contribution in [0.2, 0.25) is 0 Å². The lowest BCUT2D eigenvalue weighted by Gasteiger charge is -2.45. The second-order valence-corrected chi connectivity index (χ2v) is 8.89. The average Bonchev–Trinajstić information content (AvgIpc) is 3.33. The minimum atomic E-state index is -0.123. The van der Waals surface area contributed by atoms with Crippen molar-refractivity contribution in [2.45, 2.75) is 24.7 Å². The maximum absolute atomic E-state index is 12.4. The van der Waals surface area contributed by atoms with Crippen LogP contribution in [0.15, 0.2) is 65.4 Å². The fourth-order valence-corrected chi connectivity index (χ4v) is 5.71. The van der Waals surface area contributed by atoms with Crippen LogP contribution in [0.25, 0.3) is 0 Å². The van der Waals surface area contributed by atoms with E-state index in [4.69, 9.17) is 0 Å². The number of hydrogen-bond donors (Lipinski definition) is 2. The van der Waals surface area contributed by atoms with Crippen LogP contribution < -0.4 is 10.6 Å². The van der Waals surface area contributed by atoms with Crippen molar-refractivity contribution in [3.8, 4) is 0 Å². The Balaban J connectivity index is 1.21. The van der Waals surface area contributed by atoms with E-state index in [0.717, 1.165) is 6.42 Å². The third-order valence-corrected chi connectivity index (χ3v) is 7.09. The Morgan fingerprint density at radius 2 is 1.57 bits per heavy atom. The number of benzene rings is 2. The van der Waals surface area contributed by atoms with E-state index in [-0.39, 0.29) is 11.8 Å². The zero-order chi connectivity index (χ0) is 20.5. The number of rotatable bonds is 6. The van der Waals surface area contributed by atoms with Gasteiger partial charge >= 0.3 is 0 Å². The zero-order valence-electron chi connectivity index (χ0n) is 16.6. The molecule has 5 heteroatoms. The van der Waals surface area contributed by atoms with Gasteiger partial charge in [0.1, 0.15) is 0 Å². The SMILES string of the molecule is O=C(CCNC(=O)c1ccsc1)NCC1CC2c3ccccc3C1c1ccccc12. The van der Waals surface area contributed by atoms with Crippen molar-refractivity contribution in [1.82, 2.24) is 10.6 Å². The monoisotopic (exact) mass is 416 g/mol. The summed E-state index contributed by atoms with van der Waals surface area (Å²) in [6, 6.07) is 19.3. The fraction of sp³-hybridized carbons (Fsp3) is 0.280. The third kappa shape index (κ3) is 3.43. The molecule has 0 radical (unpaired) electrons. The first kappa shape index (κ1) is 19.1. The van der Waals surface area contributed by atoms with Gasteiger partial charge in [-0.05, 0) is 46.0 Å². The minimum absolute atomic E-state index is 0.0105. The molecule has 0 saturated heterocycles. The molecule has 2 amide bonds. The molecule has 30 heavy (non-hydrogen) atoms. The van der Waals surface area contributed by atoms with Crippen LogP contribution in [-0.2, 0) is 4.79 Å². The lowest BCUT2D eigenvalue weighted by Crippen LogP contribution is -2.40. The molecule has 0 saturated carbocycles. The first-order valence-electron chi connectivity index (χ1n) is 10.5. The normalized spacial score (nSPS) is 20.9. The topological polar surface area (TPSA) is 58.2 Å². The van der Waals surface area contributed by atoms with Crippen molar-refractivity contribution >= 4 is 23.2 Å². The van der Waals surface area contributed by atoms with Crippen LogP contribution >= 0.6 is 11.3 Å². The molecule has 2 aromatic carbocycles. The zero-order valence-corrected chi connectivity index (χ0v) is 17.5. The molecule has 2 N–H and O–H groups in total. The second kappa shape index (κ2) is 8.07. The van der Waals surface area contributed by atoms with Gasteiger partial charge in [-0.2, -0.15) is 11.3 Å². The van der Waals surface area contributed by atoms with Crippen molar-refractivity contribution in [1.29, 1.82) is 0 Å². The van der Waals surface area contributed by atoms with Gasteiger partial charge in [-0.15, -0.1) is 0 Å². The Morgan fingerprint density at radius 1 is 0.900 bits per heavy atom. The Kier molecular flexibility index (Phi) is 5.13. The van der Waals surface area contributed by atoms with E-state index in [9.17, 15) is 9.59 Å². The summed E-state index contributed by atoms with van der Waals surface area (Å²) in [6.45, 7) is 1.02. The lowest BCUT2D eigenvalue weighted by molar-refractivity contribution is -0.121. The molecular formula is C25H24N2O2S. The molecule has 0 aliphatic heterocycles. The van der Waals surface area contributed by atoms with E-state index in [1.807, 2.05) is 10.8 Å². The van der Waals surface area contributed by atoms with Crippen molar-refractivity contribution in [3.63, 3.8) is 0 Å². The summed E-state index contributed by atoms with van der Waals surface area (Å²) in [5.41, 5.74) is 6.36. The van der Waals surface area contributed by atoms with E-state index in [1.54, 1.807) is 6.07 Å². The van der Waals surface area contributed by atoms with Gasteiger partial charge in [0.15, 0.2) is 0 Å². The Labute approximate surface area is 180 Å². The summed E-state index contributed by atoms with van der Waals surface area (Å²) in [5, 5.41) is 9.61. The fourth-order valence-electron chi connectivity index (χ4n) is 5.08. The smallest absolute Gasteiger partial charge is 0.252 e. The Hall–Kier alpha value is -2.92. The summed E-state index contributed by atoms with van der Waals surface area (Å²) in [7, 11) is 0. The van der Waals surface area contributed by atoms with E-state index >= 15 is 0 Å². The van der Waals surface area contributed by atoms with E-state index in [0.29, 0.717) is 42.8 Å². The van der Waals surface area contributed by atoms with E-state index < -0.39 is 0 Å². The predicted molar refractivity (Wildman–Crippen MR) is 119 cm³/mol. The van der Waals surface area contributed by atoms with Gasteiger partial charge in [-0.3, -0.25) is 9.59 Å². The van der Waals surface area contributed by atoms with Crippen molar-refractivity contribution < 1.29 is 9.59 Å². The number of amides is 2. The number of nitrogens with one attached hydrogen (secondary N) is 2. The minimum Gasteiger partial charge on any atom is -0.356 e. The standard InChI is InChI=1S/C25H24N2O2S/c28-23(9-11-26-25(29)16-10-12-30-15-16)27-14-17-13-22-18-5-1-3-7-20(18)24(17)21-8-4-2-6-19(21)22/h1-8,10,12,15,17,22,24H,9,11,13-14H2,(H,26,29)(H,27,28). The van der Waals surface area contributed by atoms with Gasteiger partial charge in [-0.1, -0.05) is 48.5 Å². The summed E-state index contributed by atoms with van der Waals surface area (Å²) in [6.07, 6.45) is 1.36. The van der Waals surface area contributed by atoms with Gasteiger partial charge in [0.05, 0.1) is 0 Å². The van der Waals surface area contributed by atoms with Crippen LogP contribution in [0.3, 0.4) is 0 Å².